The van der Waals surface area contributed by atoms with Gasteiger partial charge in [-0.05, 0) is 91.8 Å². The lowest BCUT2D eigenvalue weighted by molar-refractivity contribution is -0.258. The van der Waals surface area contributed by atoms with Crippen LogP contribution >= 0.6 is 0 Å². The number of fused-ring (bicyclic) bond motifs is 2. The van der Waals surface area contributed by atoms with Crippen LogP contribution in [0.4, 0.5) is 4.39 Å². The van der Waals surface area contributed by atoms with Crippen LogP contribution in [0, 0.1) is 29.5 Å². The maximum atomic E-state index is 14.5. The minimum absolute atomic E-state index is 0.0216. The summed E-state index contributed by atoms with van der Waals surface area (Å²) in [5.74, 6) is -0.522. The smallest absolute Gasteiger partial charge is 0.239 e. The Labute approximate surface area is 318 Å². The van der Waals surface area contributed by atoms with Crippen LogP contribution in [0.3, 0.4) is 0 Å². The van der Waals surface area contributed by atoms with Crippen LogP contribution in [0.15, 0.2) is 71.9 Å². The average molecular weight is 746 g/mol. The van der Waals surface area contributed by atoms with Crippen molar-refractivity contribution >= 4 is 11.6 Å². The summed E-state index contributed by atoms with van der Waals surface area (Å²) in [7, 11) is 1.55. The molecule has 6 atom stereocenters. The summed E-state index contributed by atoms with van der Waals surface area (Å²) in [5, 5.41) is 24.3. The van der Waals surface area contributed by atoms with E-state index in [2.05, 4.69) is 28.8 Å². The summed E-state index contributed by atoms with van der Waals surface area (Å²) < 4.78 is 34.8. The predicted molar refractivity (Wildman–Crippen MR) is 204 cm³/mol. The molecular formula is C43H56FN3O7. The molecule has 5 aliphatic rings. The topological polar surface area (TPSA) is 113 Å². The van der Waals surface area contributed by atoms with E-state index in [4.69, 9.17) is 19.0 Å². The molecule has 0 bridgehead atoms. The zero-order chi connectivity index (χ0) is 37.7. The van der Waals surface area contributed by atoms with Crippen molar-refractivity contribution in [2.24, 2.45) is 28.8 Å². The Morgan fingerprint density at radius 3 is 2.54 bits per heavy atom. The number of rotatable bonds is 20. The molecule has 10 nitrogen and oxygen atoms in total. The van der Waals surface area contributed by atoms with Crippen molar-refractivity contribution in [3.8, 4) is 11.5 Å². The molecule has 3 aliphatic carbocycles. The van der Waals surface area contributed by atoms with E-state index in [0.717, 1.165) is 86.3 Å². The molecule has 2 N–H and O–H groups in total. The maximum absolute atomic E-state index is 14.5. The van der Waals surface area contributed by atoms with Gasteiger partial charge in [0.1, 0.15) is 37.1 Å². The number of carbonyl (C=O) groups is 1. The third kappa shape index (κ3) is 8.25. The quantitative estimate of drug-likeness (QED) is 0.0712. The largest absolute Gasteiger partial charge is 0.492 e. The number of benzene rings is 2. The Bertz CT molecular complexity index is 1680. The van der Waals surface area contributed by atoms with E-state index in [-0.39, 0.29) is 67.7 Å². The summed E-state index contributed by atoms with van der Waals surface area (Å²) >= 11 is 0. The van der Waals surface area contributed by atoms with E-state index in [9.17, 15) is 19.4 Å². The van der Waals surface area contributed by atoms with Crippen LogP contribution in [0.2, 0.25) is 0 Å². The second kappa shape index (κ2) is 17.4. The monoisotopic (exact) mass is 745 g/mol. The molecule has 11 heteroatoms. The molecule has 7 rings (SSSR count). The summed E-state index contributed by atoms with van der Waals surface area (Å²) in [6.45, 7) is 8.38. The number of aliphatic hydroxyl groups is 2. The van der Waals surface area contributed by atoms with Gasteiger partial charge in [-0.1, -0.05) is 42.3 Å². The van der Waals surface area contributed by atoms with Crippen molar-refractivity contribution in [2.45, 2.75) is 82.1 Å². The molecule has 54 heavy (non-hydrogen) atoms. The zero-order valence-corrected chi connectivity index (χ0v) is 31.5. The van der Waals surface area contributed by atoms with Crippen LogP contribution in [-0.4, -0.2) is 96.6 Å². The van der Waals surface area contributed by atoms with Gasteiger partial charge in [0.2, 0.25) is 11.7 Å². The highest BCUT2D eigenvalue weighted by molar-refractivity contribution is 6.03. The van der Waals surface area contributed by atoms with Crippen molar-refractivity contribution < 1.29 is 38.4 Å². The minimum Gasteiger partial charge on any atom is -0.492 e. The van der Waals surface area contributed by atoms with Gasteiger partial charge in [0.25, 0.3) is 0 Å². The first kappa shape index (κ1) is 38.5. The number of nitrogens with zero attached hydrogens (tertiary/aromatic N) is 3. The lowest BCUT2D eigenvalue weighted by Crippen LogP contribution is -2.70. The van der Waals surface area contributed by atoms with E-state index >= 15 is 0 Å². The molecule has 0 unspecified atom stereocenters. The highest BCUT2D eigenvalue weighted by Gasteiger charge is 2.66. The highest BCUT2D eigenvalue weighted by Crippen LogP contribution is 2.62. The van der Waals surface area contributed by atoms with Crippen LogP contribution in [0.5, 0.6) is 11.5 Å². The molecule has 0 aromatic heterocycles. The van der Waals surface area contributed by atoms with Gasteiger partial charge in [0.05, 0.1) is 18.2 Å². The van der Waals surface area contributed by atoms with Crippen molar-refractivity contribution in [1.82, 2.24) is 9.80 Å². The number of hydrogen-bond acceptors (Lipinski definition) is 9. The Hall–Kier alpha value is -3.77. The van der Waals surface area contributed by atoms with Crippen molar-refractivity contribution in [3.05, 3.63) is 83.7 Å². The molecule has 1 amide bonds. The fourth-order valence-corrected chi connectivity index (χ4v) is 9.13. The first-order valence-corrected chi connectivity index (χ1v) is 19.9. The van der Waals surface area contributed by atoms with E-state index in [1.807, 2.05) is 17.0 Å². The Morgan fingerprint density at radius 1 is 1.09 bits per heavy atom. The number of amides is 1. The van der Waals surface area contributed by atoms with E-state index < -0.39 is 11.8 Å². The first-order chi connectivity index (χ1) is 26.4. The first-order valence-electron chi connectivity index (χ1n) is 19.9. The van der Waals surface area contributed by atoms with Crippen LogP contribution in [0.1, 0.15) is 74.8 Å². The summed E-state index contributed by atoms with van der Waals surface area (Å²) in [5.41, 5.74) is 3.59. The van der Waals surface area contributed by atoms with Gasteiger partial charge in [0.15, 0.2) is 0 Å². The molecule has 0 radical (unpaired) electrons. The van der Waals surface area contributed by atoms with Crippen molar-refractivity contribution in [2.75, 3.05) is 53.2 Å². The van der Waals surface area contributed by atoms with Gasteiger partial charge in [-0.25, -0.2) is 4.39 Å². The number of ether oxygens (including phenoxy) is 3. The predicted octanol–water partition coefficient (Wildman–Crippen LogP) is 6.22. The van der Waals surface area contributed by atoms with Crippen molar-refractivity contribution in [1.29, 1.82) is 0 Å². The Kier molecular flexibility index (Phi) is 12.4. The summed E-state index contributed by atoms with van der Waals surface area (Å²) in [6.07, 6.45) is 10.8. The standard InChI is InChI=1S/C43H56FN3O7/c1-3-23-53-43-39(47(42(50)30-12-13-30)28-29-10-14-32(44)15-11-29)27-37(45-51-2)35-25-31(8-4-6-21-48)34(9-5-7-22-49)40(41(35)43)36-26-33(16-17-38(36)54-43)52-24-20-46-18-19-46/h3,10-11,14-17,25-26,30-31,34,39-41,48-49H,1,4-9,12-13,18-24,27-28H2,2H3/t31-,34+,39-,40+,41+,43+/m0/s1. The third-order valence-electron chi connectivity index (χ3n) is 11.9. The molecule has 0 spiro atoms. The number of carbonyl (C=O) groups excluding carboxylic acids is 1. The molecule has 1 saturated heterocycles. The second-order valence-corrected chi connectivity index (χ2v) is 15.5. The Balaban J connectivity index is 1.40. The fraction of sp³-hybridized carbons (Fsp3) is 0.581. The molecular weight excluding hydrogens is 689 g/mol. The van der Waals surface area contributed by atoms with E-state index in [1.54, 1.807) is 25.3 Å². The number of allylic oxidation sites excluding steroid dienone is 1. The second-order valence-electron chi connectivity index (χ2n) is 15.5. The van der Waals surface area contributed by atoms with Gasteiger partial charge in [-0.15, -0.1) is 6.58 Å². The number of halogens is 1. The molecule has 292 valence electrons. The highest BCUT2D eigenvalue weighted by atomic mass is 19.1. The van der Waals surface area contributed by atoms with Crippen LogP contribution in [-0.2, 0) is 20.9 Å². The SMILES string of the molecule is C=CCO[C@@]12Oc3ccc(OCCN4CC4)cc3[C@H]3[C@H](CCCCO)[C@@H](CCCCO)C=C(C(=NOC)C[C@@H]1N(Cc1ccc(F)cc1)C(=O)C1CC1)[C@H]32. The number of oxime groups is 1. The zero-order valence-electron chi connectivity index (χ0n) is 31.5. The fourth-order valence-electron chi connectivity index (χ4n) is 9.13. The lowest BCUT2D eigenvalue weighted by Gasteiger charge is -2.60. The maximum Gasteiger partial charge on any atom is 0.239 e. The van der Waals surface area contributed by atoms with Crippen LogP contribution < -0.4 is 9.47 Å². The van der Waals surface area contributed by atoms with Crippen LogP contribution in [0.25, 0.3) is 0 Å². The normalized spacial score (nSPS) is 27.7. The number of unbranched alkanes of at least 4 members (excludes halogenated alkanes) is 2. The van der Waals surface area contributed by atoms with E-state index in [0.29, 0.717) is 31.6 Å². The van der Waals surface area contributed by atoms with Gasteiger partial charge in [-0.3, -0.25) is 9.69 Å². The molecule has 2 aromatic rings. The van der Waals surface area contributed by atoms with Gasteiger partial charge in [-0.2, -0.15) is 0 Å². The molecule has 3 fully saturated rings. The lowest BCUT2D eigenvalue weighted by atomic mass is 9.55. The summed E-state index contributed by atoms with van der Waals surface area (Å²) in [6, 6.07) is 11.8. The van der Waals surface area contributed by atoms with Crippen molar-refractivity contribution in [3.63, 3.8) is 0 Å². The number of aliphatic hydroxyl groups excluding tert-OH is 2. The molecule has 2 saturated carbocycles. The average Bonchev–Trinajstić information content (AvgIpc) is 4.12. The Morgan fingerprint density at radius 2 is 1.85 bits per heavy atom. The van der Waals surface area contributed by atoms with E-state index in [1.165, 1.54) is 12.1 Å². The van der Waals surface area contributed by atoms with Gasteiger partial charge in [0, 0.05) is 63.2 Å². The van der Waals surface area contributed by atoms with Gasteiger partial charge < -0.3 is 34.2 Å². The minimum atomic E-state index is -1.33. The molecule has 2 aromatic carbocycles. The molecule has 2 heterocycles. The third-order valence-corrected chi connectivity index (χ3v) is 11.9. The van der Waals surface area contributed by atoms with Gasteiger partial charge >= 0.3 is 0 Å². The number of hydrogen-bond donors (Lipinski definition) is 2. The summed E-state index contributed by atoms with van der Waals surface area (Å²) in [4.78, 5) is 24.3. The molecule has 2 aliphatic heterocycles.